The van der Waals surface area contributed by atoms with Crippen molar-refractivity contribution in [1.29, 1.82) is 0 Å². The molecule has 0 spiro atoms. The van der Waals surface area contributed by atoms with Gasteiger partial charge >= 0.3 is 0 Å². The number of hydrogen-bond donors (Lipinski definition) is 1. The first kappa shape index (κ1) is 19.7. The van der Waals surface area contributed by atoms with Gasteiger partial charge in [-0.1, -0.05) is 12.1 Å². The molecule has 9 heteroatoms. The van der Waals surface area contributed by atoms with E-state index in [2.05, 4.69) is 36.6 Å². The van der Waals surface area contributed by atoms with Gasteiger partial charge in [-0.05, 0) is 12.0 Å². The number of halogens is 1. The quantitative estimate of drug-likeness (QED) is 0.416. The number of aromatic nitrogens is 4. The summed E-state index contributed by atoms with van der Waals surface area (Å²) in [5, 5.41) is 11.6. The van der Waals surface area contributed by atoms with Crippen LogP contribution < -0.4 is 5.32 Å². The fraction of sp³-hybridized carbons (Fsp3) is 0.625. The van der Waals surface area contributed by atoms with Gasteiger partial charge in [0.15, 0.2) is 11.8 Å². The molecule has 1 aliphatic rings. The van der Waals surface area contributed by atoms with Crippen molar-refractivity contribution < 1.29 is 4.52 Å². The molecule has 138 valence electrons. The van der Waals surface area contributed by atoms with Crippen molar-refractivity contribution >= 4 is 29.9 Å². The molecule has 0 radical (unpaired) electrons. The molecule has 8 nitrogen and oxygen atoms in total. The monoisotopic (exact) mass is 459 g/mol. The number of aryl methyl sites for hydroxylation is 2. The number of rotatable bonds is 5. The van der Waals surface area contributed by atoms with Gasteiger partial charge in [-0.3, -0.25) is 9.67 Å². The Bertz CT molecular complexity index is 696. The third-order valence-electron chi connectivity index (χ3n) is 4.34. The Morgan fingerprint density at radius 1 is 1.48 bits per heavy atom. The third kappa shape index (κ3) is 4.93. The average molecular weight is 459 g/mol. The van der Waals surface area contributed by atoms with Crippen LogP contribution in [0.5, 0.6) is 0 Å². The summed E-state index contributed by atoms with van der Waals surface area (Å²) >= 11 is 0. The van der Waals surface area contributed by atoms with Crippen molar-refractivity contribution in [3.8, 4) is 0 Å². The van der Waals surface area contributed by atoms with E-state index in [-0.39, 0.29) is 24.0 Å². The predicted octanol–water partition coefficient (Wildman–Crippen LogP) is 1.59. The molecule has 1 atom stereocenters. The topological polar surface area (TPSA) is 84.4 Å². The van der Waals surface area contributed by atoms with Crippen molar-refractivity contribution in [2.45, 2.75) is 32.1 Å². The second-order valence-electron chi connectivity index (χ2n) is 6.06. The molecule has 1 unspecified atom stereocenters. The molecular formula is C16H26IN7O. The summed E-state index contributed by atoms with van der Waals surface area (Å²) in [6.07, 6.45) is 6.68. The Hall–Kier alpha value is -1.65. The van der Waals surface area contributed by atoms with Crippen molar-refractivity contribution in [3.63, 3.8) is 0 Å². The predicted molar refractivity (Wildman–Crippen MR) is 106 cm³/mol. The zero-order valence-electron chi connectivity index (χ0n) is 15.0. The second kappa shape index (κ2) is 9.16. The summed E-state index contributed by atoms with van der Waals surface area (Å²) in [5.74, 6) is 2.87. The summed E-state index contributed by atoms with van der Waals surface area (Å²) in [6, 6.07) is 0. The molecule has 0 bridgehead atoms. The van der Waals surface area contributed by atoms with Gasteiger partial charge in [0.05, 0.1) is 6.20 Å². The summed E-state index contributed by atoms with van der Waals surface area (Å²) in [4.78, 5) is 11.0. The minimum atomic E-state index is 0. The van der Waals surface area contributed by atoms with Crippen LogP contribution in [0.1, 0.15) is 36.5 Å². The highest BCUT2D eigenvalue weighted by Gasteiger charge is 2.26. The van der Waals surface area contributed by atoms with E-state index in [9.17, 15) is 0 Å². The fourth-order valence-electron chi connectivity index (χ4n) is 3.03. The first-order valence-corrected chi connectivity index (χ1v) is 8.45. The summed E-state index contributed by atoms with van der Waals surface area (Å²) in [6.45, 7) is 4.71. The lowest BCUT2D eigenvalue weighted by atomic mass is 10.0. The molecule has 2 aromatic heterocycles. The zero-order valence-corrected chi connectivity index (χ0v) is 17.3. The SMILES string of the molecule is CCc1nc(CCNC(=NC)N2CCC(c3cnn(C)c3)C2)no1.I. The standard InChI is InChI=1S/C16H25N7O.HI/c1-4-15-20-14(21-24-15)5-7-18-16(17-2)23-8-6-12(11-23)13-9-19-22(3)10-13;/h9-10,12H,4-8,11H2,1-3H3,(H,17,18);1H. The number of aliphatic imine (C=N–C) groups is 1. The summed E-state index contributed by atoms with van der Waals surface area (Å²) in [7, 11) is 3.78. The van der Waals surface area contributed by atoms with E-state index in [1.165, 1.54) is 5.56 Å². The maximum absolute atomic E-state index is 5.13. The van der Waals surface area contributed by atoms with E-state index < -0.39 is 0 Å². The maximum atomic E-state index is 5.13. The number of nitrogens with one attached hydrogen (secondary N) is 1. The molecule has 0 amide bonds. The van der Waals surface area contributed by atoms with Gasteiger partial charge in [0, 0.05) is 58.7 Å². The fourth-order valence-corrected chi connectivity index (χ4v) is 3.03. The van der Waals surface area contributed by atoms with Crippen LogP contribution in [0.4, 0.5) is 0 Å². The number of nitrogens with zero attached hydrogens (tertiary/aromatic N) is 6. The van der Waals surface area contributed by atoms with Crippen molar-refractivity contribution in [3.05, 3.63) is 29.7 Å². The lowest BCUT2D eigenvalue weighted by molar-refractivity contribution is 0.376. The minimum absolute atomic E-state index is 0. The highest BCUT2D eigenvalue weighted by molar-refractivity contribution is 14.0. The molecule has 1 fully saturated rings. The van der Waals surface area contributed by atoms with Gasteiger partial charge in [0.2, 0.25) is 5.89 Å². The Balaban J connectivity index is 0.00000225. The molecule has 1 aliphatic heterocycles. The molecule has 25 heavy (non-hydrogen) atoms. The normalized spacial score (nSPS) is 17.6. The van der Waals surface area contributed by atoms with Crippen LogP contribution in [0.15, 0.2) is 21.9 Å². The summed E-state index contributed by atoms with van der Waals surface area (Å²) in [5.41, 5.74) is 1.30. The smallest absolute Gasteiger partial charge is 0.226 e. The Labute approximate surface area is 165 Å². The maximum Gasteiger partial charge on any atom is 0.226 e. The van der Waals surface area contributed by atoms with Crippen LogP contribution in [0.2, 0.25) is 0 Å². The van der Waals surface area contributed by atoms with Crippen LogP contribution in [0.3, 0.4) is 0 Å². The van der Waals surface area contributed by atoms with Crippen LogP contribution in [0.25, 0.3) is 0 Å². The van der Waals surface area contributed by atoms with Crippen molar-refractivity contribution in [2.75, 3.05) is 26.7 Å². The van der Waals surface area contributed by atoms with Crippen LogP contribution in [-0.2, 0) is 19.9 Å². The van der Waals surface area contributed by atoms with Gasteiger partial charge in [0.25, 0.3) is 0 Å². The second-order valence-corrected chi connectivity index (χ2v) is 6.06. The van der Waals surface area contributed by atoms with Gasteiger partial charge in [-0.25, -0.2) is 0 Å². The molecule has 2 aromatic rings. The van der Waals surface area contributed by atoms with E-state index in [1.54, 1.807) is 0 Å². The van der Waals surface area contributed by atoms with Crippen LogP contribution in [0, 0.1) is 0 Å². The zero-order chi connectivity index (χ0) is 16.9. The average Bonchev–Trinajstić information content (AvgIpc) is 3.31. The van der Waals surface area contributed by atoms with Gasteiger partial charge in [0.1, 0.15) is 0 Å². The molecule has 0 aliphatic carbocycles. The first-order chi connectivity index (χ1) is 11.7. The molecule has 3 rings (SSSR count). The molecule has 3 heterocycles. The minimum Gasteiger partial charge on any atom is -0.356 e. The van der Waals surface area contributed by atoms with E-state index in [0.29, 0.717) is 11.8 Å². The largest absolute Gasteiger partial charge is 0.356 e. The lowest BCUT2D eigenvalue weighted by Gasteiger charge is -2.21. The van der Waals surface area contributed by atoms with Gasteiger partial charge < -0.3 is 14.7 Å². The Morgan fingerprint density at radius 2 is 2.32 bits per heavy atom. The molecule has 1 saturated heterocycles. The van der Waals surface area contributed by atoms with Crippen LogP contribution in [-0.4, -0.2) is 57.5 Å². The van der Waals surface area contributed by atoms with E-state index in [1.807, 2.05) is 31.9 Å². The third-order valence-corrected chi connectivity index (χ3v) is 4.34. The molecule has 0 saturated carbocycles. The van der Waals surface area contributed by atoms with Crippen LogP contribution >= 0.6 is 24.0 Å². The Morgan fingerprint density at radius 3 is 2.96 bits per heavy atom. The first-order valence-electron chi connectivity index (χ1n) is 8.45. The van der Waals surface area contributed by atoms with E-state index in [4.69, 9.17) is 4.52 Å². The highest BCUT2D eigenvalue weighted by Crippen LogP contribution is 2.26. The number of likely N-dealkylation sites (tertiary alicyclic amines) is 1. The van der Waals surface area contributed by atoms with Gasteiger partial charge in [-0.2, -0.15) is 10.1 Å². The van der Waals surface area contributed by atoms with Gasteiger partial charge in [-0.15, -0.1) is 24.0 Å². The lowest BCUT2D eigenvalue weighted by Crippen LogP contribution is -2.40. The molecular weight excluding hydrogens is 433 g/mol. The molecule has 1 N–H and O–H groups in total. The van der Waals surface area contributed by atoms with E-state index >= 15 is 0 Å². The molecule has 0 aromatic carbocycles. The summed E-state index contributed by atoms with van der Waals surface area (Å²) < 4.78 is 6.99. The highest BCUT2D eigenvalue weighted by atomic mass is 127. The number of hydrogen-bond acceptors (Lipinski definition) is 5. The van der Waals surface area contributed by atoms with Crippen molar-refractivity contribution in [1.82, 2.24) is 30.1 Å². The number of guanidine groups is 1. The Kier molecular flexibility index (Phi) is 7.21. The van der Waals surface area contributed by atoms with Crippen molar-refractivity contribution in [2.24, 2.45) is 12.0 Å². The van der Waals surface area contributed by atoms with E-state index in [0.717, 1.165) is 50.7 Å².